The van der Waals surface area contributed by atoms with Crippen LogP contribution in [0.5, 0.6) is 5.75 Å². The molecule has 1 rings (SSSR count). The van der Waals surface area contributed by atoms with Crippen LogP contribution in [0.4, 0.5) is 0 Å². The van der Waals surface area contributed by atoms with E-state index in [1.807, 2.05) is 6.07 Å². The molecule has 1 aromatic carbocycles. The van der Waals surface area contributed by atoms with Crippen molar-refractivity contribution in [3.05, 3.63) is 29.3 Å². The number of unbranched alkanes of at least 4 members (excludes halogenated alkanes) is 12. The molecule has 0 bridgehead atoms. The number of hydrogen-bond acceptors (Lipinski definition) is 1. The van der Waals surface area contributed by atoms with Crippen LogP contribution in [0.15, 0.2) is 18.2 Å². The second kappa shape index (κ2) is 18.4. The Morgan fingerprint density at radius 1 is 0.615 bits per heavy atom. The predicted octanol–water partition coefficient (Wildman–Crippen LogP) is 4.35. The van der Waals surface area contributed by atoms with Crippen molar-refractivity contribution in [2.45, 2.75) is 117 Å². The Labute approximate surface area is 185 Å². The zero-order valence-electron chi connectivity index (χ0n) is 18.0. The van der Waals surface area contributed by atoms with Gasteiger partial charge in [0.05, 0.1) is 0 Å². The number of rotatable bonds is 16. The van der Waals surface area contributed by atoms with Crippen molar-refractivity contribution in [2.24, 2.45) is 0 Å². The minimum atomic E-state index is 0. The Balaban J connectivity index is 0.00000625. The van der Waals surface area contributed by atoms with E-state index < -0.39 is 0 Å². The average molecular weight is 369 g/mol. The third kappa shape index (κ3) is 12.4. The maximum atomic E-state index is 12.3. The summed E-state index contributed by atoms with van der Waals surface area (Å²) < 4.78 is 0. The molecule has 0 spiro atoms. The van der Waals surface area contributed by atoms with Crippen molar-refractivity contribution >= 4 is 0 Å². The molecule has 144 valence electrons. The van der Waals surface area contributed by atoms with E-state index in [0.29, 0.717) is 0 Å². The third-order valence-electron chi connectivity index (χ3n) is 5.31. The fourth-order valence-corrected chi connectivity index (χ4v) is 3.66. The molecule has 2 heteroatoms. The van der Waals surface area contributed by atoms with Gasteiger partial charge in [0.1, 0.15) is 0 Å². The molecule has 0 amide bonds. The zero-order chi connectivity index (χ0) is 18.2. The van der Waals surface area contributed by atoms with E-state index in [4.69, 9.17) is 0 Å². The molecular formula is C24H41NaO. The van der Waals surface area contributed by atoms with Crippen LogP contribution in [-0.2, 0) is 12.8 Å². The van der Waals surface area contributed by atoms with Crippen molar-refractivity contribution in [3.8, 4) is 5.75 Å². The molecule has 0 heterocycles. The Morgan fingerprint density at radius 2 is 1.08 bits per heavy atom. The molecule has 0 saturated heterocycles. The van der Waals surface area contributed by atoms with Crippen LogP contribution >= 0.6 is 0 Å². The monoisotopic (exact) mass is 368 g/mol. The zero-order valence-corrected chi connectivity index (χ0v) is 20.0. The van der Waals surface area contributed by atoms with Gasteiger partial charge in [-0.25, -0.2) is 0 Å². The van der Waals surface area contributed by atoms with Crippen LogP contribution in [0, 0.1) is 0 Å². The second-order valence-electron chi connectivity index (χ2n) is 7.64. The number of aryl methyl sites for hydroxylation is 1. The maximum Gasteiger partial charge on any atom is 1.00 e. The van der Waals surface area contributed by atoms with Gasteiger partial charge in [-0.3, -0.25) is 0 Å². The van der Waals surface area contributed by atoms with Gasteiger partial charge in [-0.15, -0.1) is 5.75 Å². The third-order valence-corrected chi connectivity index (χ3v) is 5.31. The summed E-state index contributed by atoms with van der Waals surface area (Å²) in [6.45, 7) is 4.53. The number of hydrogen-bond donors (Lipinski definition) is 0. The van der Waals surface area contributed by atoms with Crippen molar-refractivity contribution < 1.29 is 34.7 Å². The first kappa shape index (κ1) is 26.0. The quantitative estimate of drug-likeness (QED) is 0.314. The maximum absolute atomic E-state index is 12.3. The normalized spacial score (nSPS) is 10.7. The van der Waals surface area contributed by atoms with Gasteiger partial charge < -0.3 is 5.11 Å². The Kier molecular flexibility index (Phi) is 18.4. The average Bonchev–Trinajstić information content (AvgIpc) is 2.62. The summed E-state index contributed by atoms with van der Waals surface area (Å²) in [6, 6.07) is 5.90. The molecule has 0 fully saturated rings. The van der Waals surface area contributed by atoms with Crippen LogP contribution in [0.1, 0.15) is 115 Å². The first-order valence-corrected chi connectivity index (χ1v) is 11.1. The van der Waals surface area contributed by atoms with E-state index in [2.05, 4.69) is 19.9 Å². The summed E-state index contributed by atoms with van der Waals surface area (Å²) in [6.07, 6.45) is 20.6. The van der Waals surface area contributed by atoms with E-state index in [9.17, 15) is 5.11 Å². The fraction of sp³-hybridized carbons (Fsp3) is 0.750. The van der Waals surface area contributed by atoms with Crippen molar-refractivity contribution in [3.63, 3.8) is 0 Å². The summed E-state index contributed by atoms with van der Waals surface area (Å²) in [7, 11) is 0. The van der Waals surface area contributed by atoms with Crippen LogP contribution < -0.4 is 34.7 Å². The molecule has 0 atom stereocenters. The summed E-state index contributed by atoms with van der Waals surface area (Å²) >= 11 is 0. The summed E-state index contributed by atoms with van der Waals surface area (Å²) in [5.74, 6) is 0.270. The molecule has 0 radical (unpaired) electrons. The molecule has 26 heavy (non-hydrogen) atoms. The molecule has 0 saturated carbocycles. The Morgan fingerprint density at radius 3 is 1.62 bits per heavy atom. The van der Waals surface area contributed by atoms with Gasteiger partial charge in [0.2, 0.25) is 0 Å². The molecule has 0 aliphatic carbocycles. The van der Waals surface area contributed by atoms with Crippen LogP contribution in [0.25, 0.3) is 0 Å². The van der Waals surface area contributed by atoms with Gasteiger partial charge in [-0.2, -0.15) is 0 Å². The van der Waals surface area contributed by atoms with Gasteiger partial charge in [0, 0.05) is 0 Å². The van der Waals surface area contributed by atoms with E-state index in [0.717, 1.165) is 18.4 Å². The summed E-state index contributed by atoms with van der Waals surface area (Å²) in [4.78, 5) is 0. The van der Waals surface area contributed by atoms with Gasteiger partial charge in [-0.1, -0.05) is 115 Å². The fourth-order valence-electron chi connectivity index (χ4n) is 3.66. The Hall–Kier alpha value is 0.0200. The van der Waals surface area contributed by atoms with Crippen LogP contribution in [0.3, 0.4) is 0 Å². The van der Waals surface area contributed by atoms with E-state index in [1.54, 1.807) is 6.07 Å². The van der Waals surface area contributed by atoms with Gasteiger partial charge >= 0.3 is 29.6 Å². The first-order chi connectivity index (χ1) is 12.3. The van der Waals surface area contributed by atoms with E-state index in [1.165, 1.54) is 95.5 Å². The number of benzene rings is 1. The molecule has 0 aliphatic rings. The van der Waals surface area contributed by atoms with Gasteiger partial charge in [0.15, 0.2) is 0 Å². The minimum Gasteiger partial charge on any atom is -0.872 e. The summed E-state index contributed by atoms with van der Waals surface area (Å²) in [5, 5.41) is 12.3. The molecule has 1 nitrogen and oxygen atoms in total. The smallest absolute Gasteiger partial charge is 0.872 e. The van der Waals surface area contributed by atoms with Crippen molar-refractivity contribution in [1.82, 2.24) is 0 Å². The van der Waals surface area contributed by atoms with Crippen molar-refractivity contribution in [1.29, 1.82) is 0 Å². The molecule has 0 N–H and O–H groups in total. The van der Waals surface area contributed by atoms with Crippen LogP contribution in [0.2, 0.25) is 0 Å². The molecule has 0 aromatic heterocycles. The van der Waals surface area contributed by atoms with Gasteiger partial charge in [0.25, 0.3) is 0 Å². The van der Waals surface area contributed by atoms with E-state index >= 15 is 0 Å². The standard InChI is InChI=1S/C24H42O.Na/c1-3-5-7-9-11-13-15-18-22-19-17-21-24(25)23(22)20-16-14-12-10-8-6-4-2;/h17,19,21,25H,3-16,18,20H2,1-2H3;/q;+1/p-1. The second-order valence-corrected chi connectivity index (χ2v) is 7.64. The molecule has 0 aliphatic heterocycles. The summed E-state index contributed by atoms with van der Waals surface area (Å²) in [5.41, 5.74) is 2.44. The topological polar surface area (TPSA) is 23.1 Å². The van der Waals surface area contributed by atoms with Crippen LogP contribution in [-0.4, -0.2) is 0 Å². The minimum absolute atomic E-state index is 0. The van der Waals surface area contributed by atoms with Crippen molar-refractivity contribution in [2.75, 3.05) is 0 Å². The SMILES string of the molecule is CCCCCCCCCc1cccc([O-])c1CCCCCCCCC.[Na+]. The molecule has 1 aromatic rings. The predicted molar refractivity (Wildman–Crippen MR) is 109 cm³/mol. The largest absolute Gasteiger partial charge is 1.00 e. The molecular weight excluding hydrogens is 327 g/mol. The van der Waals surface area contributed by atoms with Gasteiger partial charge in [-0.05, 0) is 31.2 Å². The Bertz CT molecular complexity index is 430. The molecule has 0 unspecified atom stereocenters. The van der Waals surface area contributed by atoms with E-state index in [-0.39, 0.29) is 35.3 Å². The first-order valence-electron chi connectivity index (χ1n) is 11.1.